The number of para-hydroxylation sites is 1. The summed E-state index contributed by atoms with van der Waals surface area (Å²) in [5.74, 6) is 1.84. The first-order valence-electron chi connectivity index (χ1n) is 6.69. The molecule has 0 saturated carbocycles. The molecule has 1 aromatic carbocycles. The highest BCUT2D eigenvalue weighted by Crippen LogP contribution is 2.23. The second-order valence-corrected chi connectivity index (χ2v) is 5.04. The Morgan fingerprint density at radius 2 is 1.90 bits per heavy atom. The van der Waals surface area contributed by atoms with Crippen LogP contribution in [0.1, 0.15) is 17.0 Å². The zero-order valence-corrected chi connectivity index (χ0v) is 12.3. The van der Waals surface area contributed by atoms with Gasteiger partial charge < -0.3 is 10.5 Å². The summed E-state index contributed by atoms with van der Waals surface area (Å²) < 4.78 is 7.54. The molecule has 0 aliphatic carbocycles. The number of aromatic nitrogens is 4. The minimum Gasteiger partial charge on any atom is -0.485 e. The molecule has 0 saturated heterocycles. The van der Waals surface area contributed by atoms with Gasteiger partial charge in [0.1, 0.15) is 18.2 Å². The van der Waals surface area contributed by atoms with Crippen molar-refractivity contribution in [1.82, 2.24) is 19.7 Å². The van der Waals surface area contributed by atoms with Gasteiger partial charge in [0.25, 0.3) is 0 Å². The van der Waals surface area contributed by atoms with Gasteiger partial charge in [0.05, 0.1) is 11.6 Å². The second kappa shape index (κ2) is 5.05. The number of fused-ring (bicyclic) bond motifs is 1. The van der Waals surface area contributed by atoms with Crippen LogP contribution < -0.4 is 10.5 Å². The summed E-state index contributed by atoms with van der Waals surface area (Å²) >= 11 is 0. The van der Waals surface area contributed by atoms with Crippen LogP contribution in [-0.4, -0.2) is 19.7 Å². The molecule has 0 amide bonds. The van der Waals surface area contributed by atoms with Crippen molar-refractivity contribution >= 4 is 16.9 Å². The first kappa shape index (κ1) is 13.4. The molecule has 2 heterocycles. The molecule has 108 valence electrons. The van der Waals surface area contributed by atoms with E-state index in [2.05, 4.69) is 15.1 Å². The maximum Gasteiger partial charge on any atom is 0.170 e. The van der Waals surface area contributed by atoms with E-state index in [-0.39, 0.29) is 6.61 Å². The number of ether oxygens (including phenoxy) is 1. The van der Waals surface area contributed by atoms with Gasteiger partial charge >= 0.3 is 0 Å². The Morgan fingerprint density at radius 3 is 2.62 bits per heavy atom. The maximum absolute atomic E-state index is 5.94. The highest BCUT2D eigenvalue weighted by atomic mass is 16.5. The van der Waals surface area contributed by atoms with Crippen molar-refractivity contribution < 1.29 is 4.74 Å². The molecule has 0 aliphatic heterocycles. The van der Waals surface area contributed by atoms with Crippen LogP contribution in [0.4, 0.5) is 5.82 Å². The Kier molecular flexibility index (Phi) is 3.21. The zero-order chi connectivity index (χ0) is 15.0. The molecule has 0 radical (unpaired) electrons. The van der Waals surface area contributed by atoms with E-state index in [1.54, 1.807) is 10.9 Å². The third kappa shape index (κ3) is 2.40. The summed E-state index contributed by atoms with van der Waals surface area (Å²) in [6.07, 6.45) is 1.67. The number of nitrogens with zero attached hydrogens (tertiary/aromatic N) is 4. The Bertz CT molecular complexity index is 789. The van der Waals surface area contributed by atoms with Gasteiger partial charge in [-0.2, -0.15) is 5.10 Å². The molecule has 0 atom stereocenters. The van der Waals surface area contributed by atoms with Crippen molar-refractivity contribution in [3.05, 3.63) is 41.3 Å². The number of nitrogens with two attached hydrogens (primary N) is 1. The smallest absolute Gasteiger partial charge is 0.170 e. The normalized spacial score (nSPS) is 11.0. The van der Waals surface area contributed by atoms with E-state index < -0.39 is 0 Å². The largest absolute Gasteiger partial charge is 0.485 e. The van der Waals surface area contributed by atoms with Gasteiger partial charge in [-0.25, -0.2) is 9.97 Å². The summed E-state index contributed by atoms with van der Waals surface area (Å²) in [5.41, 5.74) is 8.83. The number of nitrogen functional groups attached to an aromatic ring is 1. The average molecular weight is 283 g/mol. The van der Waals surface area contributed by atoms with Crippen LogP contribution in [0, 0.1) is 13.8 Å². The lowest BCUT2D eigenvalue weighted by atomic mass is 10.1. The minimum absolute atomic E-state index is 0.275. The molecule has 6 nitrogen and oxygen atoms in total. The second-order valence-electron chi connectivity index (χ2n) is 5.04. The van der Waals surface area contributed by atoms with Gasteiger partial charge in [0, 0.05) is 7.05 Å². The molecular weight excluding hydrogens is 266 g/mol. The number of rotatable bonds is 3. The first-order valence-corrected chi connectivity index (χ1v) is 6.69. The van der Waals surface area contributed by atoms with Gasteiger partial charge in [-0.3, -0.25) is 4.68 Å². The molecule has 0 fully saturated rings. The topological polar surface area (TPSA) is 78.9 Å². The average Bonchev–Trinajstić information content (AvgIpc) is 2.81. The molecule has 0 unspecified atom stereocenters. The molecule has 0 bridgehead atoms. The lowest BCUT2D eigenvalue weighted by Crippen LogP contribution is -2.07. The predicted molar refractivity (Wildman–Crippen MR) is 81.0 cm³/mol. The van der Waals surface area contributed by atoms with E-state index in [0.717, 1.165) is 22.3 Å². The molecular formula is C15H17N5O. The molecule has 3 aromatic rings. The van der Waals surface area contributed by atoms with Gasteiger partial charge in [-0.05, 0) is 25.0 Å². The van der Waals surface area contributed by atoms with Gasteiger partial charge in [-0.15, -0.1) is 0 Å². The summed E-state index contributed by atoms with van der Waals surface area (Å²) in [5, 5.41) is 4.90. The summed E-state index contributed by atoms with van der Waals surface area (Å²) in [4.78, 5) is 8.73. The third-order valence-electron chi connectivity index (χ3n) is 3.42. The van der Waals surface area contributed by atoms with Gasteiger partial charge in [0.15, 0.2) is 11.5 Å². The van der Waals surface area contributed by atoms with Crippen LogP contribution in [0.3, 0.4) is 0 Å². The summed E-state index contributed by atoms with van der Waals surface area (Å²) in [6.45, 7) is 4.31. The summed E-state index contributed by atoms with van der Waals surface area (Å²) in [7, 11) is 1.82. The van der Waals surface area contributed by atoms with Crippen LogP contribution >= 0.6 is 0 Å². The van der Waals surface area contributed by atoms with Crippen molar-refractivity contribution in [1.29, 1.82) is 0 Å². The van der Waals surface area contributed by atoms with Gasteiger partial charge in [-0.1, -0.05) is 18.2 Å². The monoisotopic (exact) mass is 283 g/mol. The Hall–Kier alpha value is -2.63. The summed E-state index contributed by atoms with van der Waals surface area (Å²) in [6, 6.07) is 6.04. The van der Waals surface area contributed by atoms with Crippen molar-refractivity contribution in [2.45, 2.75) is 20.5 Å². The predicted octanol–water partition coefficient (Wildman–Crippen LogP) is 2.14. The zero-order valence-electron chi connectivity index (χ0n) is 12.3. The van der Waals surface area contributed by atoms with Crippen LogP contribution in [0.5, 0.6) is 5.75 Å². The minimum atomic E-state index is 0.275. The number of aryl methyl sites for hydroxylation is 3. The SMILES string of the molecule is Cc1cccc(C)c1OCc1nc(N)c2cnn(C)c2n1. The standard InChI is InChI=1S/C15H17N5O/c1-9-5-4-6-10(2)13(9)21-8-12-18-14(16)11-7-17-20(3)15(11)19-12/h4-7H,8H2,1-3H3,(H2,16,18,19). The highest BCUT2D eigenvalue weighted by Gasteiger charge is 2.10. The first-order chi connectivity index (χ1) is 10.1. The maximum atomic E-state index is 5.94. The van der Waals surface area contributed by atoms with Crippen LogP contribution in [0.2, 0.25) is 0 Å². The van der Waals surface area contributed by atoms with Crippen molar-refractivity contribution in [2.75, 3.05) is 5.73 Å². The van der Waals surface area contributed by atoms with Crippen LogP contribution in [0.15, 0.2) is 24.4 Å². The Morgan fingerprint density at radius 1 is 1.19 bits per heavy atom. The van der Waals surface area contributed by atoms with Crippen LogP contribution in [0.25, 0.3) is 11.0 Å². The number of anilines is 1. The molecule has 2 aromatic heterocycles. The molecule has 2 N–H and O–H groups in total. The van der Waals surface area contributed by atoms with Crippen molar-refractivity contribution in [3.63, 3.8) is 0 Å². The number of hydrogen-bond donors (Lipinski definition) is 1. The fourth-order valence-corrected chi connectivity index (χ4v) is 2.32. The van der Waals surface area contributed by atoms with E-state index in [4.69, 9.17) is 10.5 Å². The van der Waals surface area contributed by atoms with E-state index in [1.807, 2.05) is 39.1 Å². The molecule has 6 heteroatoms. The highest BCUT2D eigenvalue weighted by molar-refractivity contribution is 5.84. The van der Waals surface area contributed by atoms with Crippen molar-refractivity contribution in [2.24, 2.45) is 7.05 Å². The molecule has 3 rings (SSSR count). The molecule has 0 aliphatic rings. The van der Waals surface area contributed by atoms with E-state index in [9.17, 15) is 0 Å². The molecule has 0 spiro atoms. The number of benzene rings is 1. The Labute approximate surface area is 122 Å². The fraction of sp³-hybridized carbons (Fsp3) is 0.267. The lowest BCUT2D eigenvalue weighted by molar-refractivity contribution is 0.292. The Balaban J connectivity index is 1.90. The van der Waals surface area contributed by atoms with E-state index >= 15 is 0 Å². The van der Waals surface area contributed by atoms with Gasteiger partial charge in [0.2, 0.25) is 0 Å². The number of hydrogen-bond acceptors (Lipinski definition) is 5. The fourth-order valence-electron chi connectivity index (χ4n) is 2.32. The third-order valence-corrected chi connectivity index (χ3v) is 3.42. The van der Waals surface area contributed by atoms with E-state index in [0.29, 0.717) is 17.3 Å². The van der Waals surface area contributed by atoms with Crippen LogP contribution in [-0.2, 0) is 13.7 Å². The quantitative estimate of drug-likeness (QED) is 0.796. The molecule has 21 heavy (non-hydrogen) atoms. The lowest BCUT2D eigenvalue weighted by Gasteiger charge is -2.11. The van der Waals surface area contributed by atoms with E-state index in [1.165, 1.54) is 0 Å². The van der Waals surface area contributed by atoms with Crippen molar-refractivity contribution in [3.8, 4) is 5.75 Å².